The molecule has 0 bridgehead atoms. The topological polar surface area (TPSA) is 87.6 Å². The molecule has 0 unspecified atom stereocenters. The molecule has 0 N–H and O–H groups in total. The van der Waals surface area contributed by atoms with Crippen molar-refractivity contribution in [3.8, 4) is 57.1 Å². The van der Waals surface area contributed by atoms with Crippen LogP contribution in [0.2, 0.25) is 0 Å². The lowest BCUT2D eigenvalue weighted by atomic mass is 9.87. The molecule has 0 amide bonds. The summed E-state index contributed by atoms with van der Waals surface area (Å²) in [6, 6.07) is 45.1. The molecule has 0 spiro atoms. The van der Waals surface area contributed by atoms with E-state index in [2.05, 4.69) is 156 Å². The van der Waals surface area contributed by atoms with E-state index in [1.165, 1.54) is 11.1 Å². The standard InChI is InChI=1S/C54H46N8O2/c1-53(2,3)37-15-19-39(20-16-37)59-35-61(51-13-9-7-11-49(51)59)41-27-45(33-55-31-41)63-43-23-25-57-47(29-43)48-30-44(24-26-58-48)64-46-28-42(32-56-34-46)62-36-60(50-12-8-10-14-52(50)62)40-21-17-38(18-22-40)54(4,5)6/h7-34H,1-6H3. The van der Waals surface area contributed by atoms with Gasteiger partial charge in [-0.15, -0.1) is 0 Å². The monoisotopic (exact) mass is 838 g/mol. The van der Waals surface area contributed by atoms with E-state index >= 15 is 0 Å². The molecule has 10 rings (SSSR count). The maximum atomic E-state index is 6.40. The van der Waals surface area contributed by atoms with E-state index < -0.39 is 0 Å². The molecule has 0 aliphatic rings. The molecule has 6 heterocycles. The molecule has 64 heavy (non-hydrogen) atoms. The Balaban J connectivity index is 0.884. The van der Waals surface area contributed by atoms with Crippen LogP contribution in [0.4, 0.5) is 0 Å². The number of ether oxygens (including phenoxy) is 2. The molecule has 0 aliphatic carbocycles. The number of aromatic nitrogens is 8. The van der Waals surface area contributed by atoms with E-state index in [9.17, 15) is 0 Å². The number of para-hydroxylation sites is 4. The van der Waals surface area contributed by atoms with Crippen LogP contribution in [0.25, 0.3) is 56.2 Å². The molecule has 0 aliphatic heterocycles. The lowest BCUT2D eigenvalue weighted by Crippen LogP contribution is -2.29. The van der Waals surface area contributed by atoms with Gasteiger partial charge in [-0.25, -0.2) is 0 Å². The van der Waals surface area contributed by atoms with E-state index in [0.29, 0.717) is 34.4 Å². The van der Waals surface area contributed by atoms with Crippen LogP contribution < -0.4 is 18.6 Å². The Labute approximate surface area is 372 Å². The van der Waals surface area contributed by atoms with Crippen molar-refractivity contribution < 1.29 is 18.6 Å². The number of fused-ring (bicyclic) bond motifs is 2. The minimum absolute atomic E-state index is 0.0638. The third kappa shape index (κ3) is 7.97. The van der Waals surface area contributed by atoms with Gasteiger partial charge in [0.05, 0.1) is 68.6 Å². The molecular formula is C54H46N8O2. The highest BCUT2D eigenvalue weighted by atomic mass is 16.5. The number of rotatable bonds is 9. The van der Waals surface area contributed by atoms with Gasteiger partial charge in [-0.2, -0.15) is 0 Å². The van der Waals surface area contributed by atoms with Crippen LogP contribution in [-0.4, -0.2) is 29.1 Å². The maximum absolute atomic E-state index is 6.40. The van der Waals surface area contributed by atoms with Crippen LogP contribution in [-0.2, 0) is 10.8 Å². The highest BCUT2D eigenvalue weighted by Gasteiger charge is 2.18. The second-order valence-corrected chi connectivity index (χ2v) is 17.8. The third-order valence-corrected chi connectivity index (χ3v) is 11.2. The van der Waals surface area contributed by atoms with Crippen molar-refractivity contribution in [2.45, 2.75) is 52.4 Å². The lowest BCUT2D eigenvalue weighted by Gasteiger charge is -2.19. The van der Waals surface area contributed by atoms with Crippen LogP contribution in [0.15, 0.2) is 171 Å². The first-order valence-corrected chi connectivity index (χ1v) is 21.3. The van der Waals surface area contributed by atoms with Crippen molar-refractivity contribution in [1.82, 2.24) is 29.1 Å². The fraction of sp³-hybridized carbons (Fsp3) is 0.148. The third-order valence-electron chi connectivity index (χ3n) is 11.2. The van der Waals surface area contributed by atoms with Gasteiger partial charge in [0.15, 0.2) is 0 Å². The molecule has 10 nitrogen and oxygen atoms in total. The van der Waals surface area contributed by atoms with Crippen LogP contribution in [0.1, 0.15) is 52.7 Å². The lowest BCUT2D eigenvalue weighted by molar-refractivity contribution is -0.573. The molecule has 314 valence electrons. The summed E-state index contributed by atoms with van der Waals surface area (Å²) in [6.07, 6.45) is 17.5. The minimum Gasteiger partial charge on any atom is -0.456 e. The molecule has 0 fully saturated rings. The number of hydrogen-bond acceptors (Lipinski definition) is 6. The Kier molecular flexibility index (Phi) is 10.1. The largest absolute Gasteiger partial charge is 0.456 e. The van der Waals surface area contributed by atoms with Crippen LogP contribution in [0, 0.1) is 12.7 Å². The van der Waals surface area contributed by atoms with E-state index in [4.69, 9.17) is 9.47 Å². The predicted molar refractivity (Wildman–Crippen MR) is 248 cm³/mol. The first-order chi connectivity index (χ1) is 30.9. The fourth-order valence-electron chi connectivity index (χ4n) is 7.78. The molecule has 4 aromatic carbocycles. The second kappa shape index (κ2) is 16.0. The van der Waals surface area contributed by atoms with Crippen molar-refractivity contribution in [3.05, 3.63) is 194 Å². The van der Waals surface area contributed by atoms with Crippen molar-refractivity contribution in [1.29, 1.82) is 0 Å². The van der Waals surface area contributed by atoms with Gasteiger partial charge >= 0.3 is 0 Å². The maximum Gasteiger partial charge on any atom is 0.269 e. The average molecular weight is 839 g/mol. The molecule has 0 atom stereocenters. The van der Waals surface area contributed by atoms with Gasteiger partial charge in [0.1, 0.15) is 23.0 Å². The van der Waals surface area contributed by atoms with Crippen molar-refractivity contribution in [2.24, 2.45) is 0 Å². The summed E-state index contributed by atoms with van der Waals surface area (Å²) < 4.78 is 21.0. The predicted octanol–water partition coefficient (Wildman–Crippen LogP) is 11.2. The summed E-state index contributed by atoms with van der Waals surface area (Å²) in [5.74, 6) is 2.30. The Hall–Kier alpha value is -7.98. The van der Waals surface area contributed by atoms with Crippen LogP contribution in [0.3, 0.4) is 0 Å². The Bertz CT molecular complexity index is 3080. The van der Waals surface area contributed by atoms with Gasteiger partial charge in [-0.05, 0) is 70.5 Å². The number of pyridine rings is 4. The van der Waals surface area contributed by atoms with E-state index in [-0.39, 0.29) is 10.8 Å². The van der Waals surface area contributed by atoms with E-state index in [0.717, 1.165) is 44.8 Å². The van der Waals surface area contributed by atoms with Gasteiger partial charge in [-0.3, -0.25) is 38.2 Å². The van der Waals surface area contributed by atoms with Gasteiger partial charge in [0.25, 0.3) is 12.7 Å². The zero-order chi connectivity index (χ0) is 44.0. The van der Waals surface area contributed by atoms with Crippen LogP contribution >= 0.6 is 0 Å². The second-order valence-electron chi connectivity index (χ2n) is 17.8. The van der Waals surface area contributed by atoms with Gasteiger partial charge in [-0.1, -0.05) is 114 Å². The normalized spacial score (nSPS) is 11.9. The van der Waals surface area contributed by atoms with Crippen LogP contribution in [0.5, 0.6) is 23.0 Å². The van der Waals surface area contributed by atoms with Gasteiger partial charge in [0, 0.05) is 36.9 Å². The molecule has 10 heteroatoms. The quantitative estimate of drug-likeness (QED) is 0.106. The Morgan fingerprint density at radius 1 is 0.453 bits per heavy atom. The number of nitrogens with zero attached hydrogens (tertiary/aromatic N) is 8. The summed E-state index contributed by atoms with van der Waals surface area (Å²) in [5, 5.41) is 0. The molecule has 10 aromatic rings. The summed E-state index contributed by atoms with van der Waals surface area (Å²) >= 11 is 0. The number of imidazole rings is 2. The van der Waals surface area contributed by atoms with E-state index in [1.807, 2.05) is 82.2 Å². The first kappa shape index (κ1) is 40.1. The minimum atomic E-state index is 0.0638. The van der Waals surface area contributed by atoms with E-state index in [1.54, 1.807) is 24.8 Å². The van der Waals surface area contributed by atoms with Crippen molar-refractivity contribution in [3.63, 3.8) is 0 Å². The van der Waals surface area contributed by atoms with Gasteiger partial charge in [0.2, 0.25) is 0 Å². The number of benzene rings is 4. The highest BCUT2D eigenvalue weighted by Crippen LogP contribution is 2.31. The zero-order valence-corrected chi connectivity index (χ0v) is 36.6. The highest BCUT2D eigenvalue weighted by molar-refractivity contribution is 5.75. The summed E-state index contributed by atoms with van der Waals surface area (Å²) in [4.78, 5) is 18.4. The Morgan fingerprint density at radius 3 is 1.27 bits per heavy atom. The molecule has 0 saturated carbocycles. The first-order valence-electron chi connectivity index (χ1n) is 21.3. The van der Waals surface area contributed by atoms with Crippen molar-refractivity contribution >= 4 is 22.1 Å². The summed E-state index contributed by atoms with van der Waals surface area (Å²) in [6.45, 7) is 13.3. The van der Waals surface area contributed by atoms with Crippen molar-refractivity contribution in [2.75, 3.05) is 0 Å². The number of hydrogen-bond donors (Lipinski definition) is 0. The molecular weight excluding hydrogens is 793 g/mol. The molecule has 6 aromatic heterocycles. The Morgan fingerprint density at radius 2 is 0.859 bits per heavy atom. The smallest absolute Gasteiger partial charge is 0.269 e. The summed E-state index contributed by atoms with van der Waals surface area (Å²) in [7, 11) is 0. The van der Waals surface area contributed by atoms with Gasteiger partial charge < -0.3 is 9.47 Å². The SMILES string of the molecule is CC(C)(C)c1ccc(-n2[c-][n+](-c3cncc(Oc4ccnc(-c5cc(Oc6cncc(-[n+]7[c-]n(-c8ccc(C(C)(C)C)cc8)c8ccccc87)c6)ccn5)c4)c3)c3ccccc32)cc1. The average Bonchev–Trinajstić information content (AvgIpc) is 3.89. The molecule has 0 saturated heterocycles. The summed E-state index contributed by atoms with van der Waals surface area (Å²) in [5.41, 5.74) is 11.6. The fourth-order valence-corrected chi connectivity index (χ4v) is 7.78. The molecule has 0 radical (unpaired) electrons. The zero-order valence-electron chi connectivity index (χ0n) is 36.6.